The molecule has 3 saturated heterocycles. The second kappa shape index (κ2) is 42.2. The molecule has 780 valence electrons. The highest BCUT2D eigenvalue weighted by molar-refractivity contribution is 7.90. The number of piperidine rings is 1. The zero-order valence-electron chi connectivity index (χ0n) is 84.1. The number of hydrogen-bond donors (Lipinski definition) is 11. The van der Waals surface area contributed by atoms with Crippen LogP contribution in [0.3, 0.4) is 0 Å². The van der Waals surface area contributed by atoms with Crippen LogP contribution < -0.4 is 50.2 Å². The van der Waals surface area contributed by atoms with Gasteiger partial charge in [-0.25, -0.2) is 82.8 Å². The number of urea groups is 5. The monoisotopic (exact) mass is 2100 g/mol. The number of amides is 10. The van der Waals surface area contributed by atoms with Crippen molar-refractivity contribution in [3.05, 3.63) is 225 Å². The average molecular weight is 2100 g/mol. The van der Waals surface area contributed by atoms with Gasteiger partial charge in [-0.05, 0) is 411 Å². The number of piperazine rings is 2. The minimum Gasteiger partial charge on any atom is -0.342 e. The number of carbonyl (C=O) groups is 5. The molecule has 147 heavy (non-hydrogen) atoms. The lowest BCUT2D eigenvalue weighted by Crippen LogP contribution is -2.59. The van der Waals surface area contributed by atoms with E-state index in [0.29, 0.717) is 54.0 Å². The molecule has 11 aromatic rings. The van der Waals surface area contributed by atoms with Gasteiger partial charge in [0.2, 0.25) is 30.1 Å². The Hall–Kier alpha value is -12.0. The first-order chi connectivity index (χ1) is 70.4. The topological polar surface area (TPSA) is 475 Å². The second-order valence-electron chi connectivity index (χ2n) is 41.8. The molecular formula is C106H130N20O16S5. The Labute approximate surface area is 858 Å². The molecule has 3 fully saturated rings. The summed E-state index contributed by atoms with van der Waals surface area (Å²) < 4.78 is 148. The Balaban J connectivity index is 0.000000112. The van der Waals surface area contributed by atoms with Crippen LogP contribution in [0.4, 0.5) is 52.4 Å². The van der Waals surface area contributed by atoms with Crippen LogP contribution in [-0.4, -0.2) is 185 Å². The normalized spacial score (nSPS) is 19.0. The summed E-state index contributed by atoms with van der Waals surface area (Å²) in [5.74, 6) is 0.730. The van der Waals surface area contributed by atoms with Crippen molar-refractivity contribution in [3.63, 3.8) is 0 Å². The summed E-state index contributed by atoms with van der Waals surface area (Å²) in [5.41, 5.74) is 34.8. The fraction of sp³-hybridized carbons (Fsp3) is 0.481. The van der Waals surface area contributed by atoms with E-state index in [0.717, 1.165) is 292 Å². The van der Waals surface area contributed by atoms with Crippen molar-refractivity contribution in [1.82, 2.24) is 71.9 Å². The second-order valence-corrected chi connectivity index (χ2v) is 50.3. The number of benzene rings is 8. The molecule has 0 radical (unpaired) electrons. The highest BCUT2D eigenvalue weighted by Crippen LogP contribution is 2.45. The number of nitrogens with zero attached hydrogens (tertiary/aromatic N) is 9. The van der Waals surface area contributed by atoms with E-state index in [1.54, 1.807) is 42.5 Å². The maximum Gasteiger partial charge on any atom is 0.333 e. The first-order valence-electron chi connectivity index (χ1n) is 51.9. The van der Waals surface area contributed by atoms with Gasteiger partial charge in [0.25, 0.3) is 0 Å². The summed E-state index contributed by atoms with van der Waals surface area (Å²) in [6.07, 6.45) is 33.7. The summed E-state index contributed by atoms with van der Waals surface area (Å²) in [4.78, 5) is 79.6. The van der Waals surface area contributed by atoms with Gasteiger partial charge < -0.3 is 40.7 Å². The minimum absolute atomic E-state index is 0.101. The first-order valence-corrected chi connectivity index (χ1v) is 59.8. The number of carbonyl (C=O) groups excluding carboxylic acids is 5. The van der Waals surface area contributed by atoms with E-state index < -0.39 is 80.6 Å². The number of hydrogen-bond acceptors (Lipinski definition) is 22. The number of imidazole rings is 2. The van der Waals surface area contributed by atoms with Crippen LogP contribution in [0.1, 0.15) is 237 Å². The van der Waals surface area contributed by atoms with Gasteiger partial charge in [0.15, 0.2) is 5.58 Å². The Kier molecular flexibility index (Phi) is 29.4. The highest BCUT2D eigenvalue weighted by atomic mass is 32.2. The molecular weight excluding hydrogens is 1970 g/mol. The van der Waals surface area contributed by atoms with E-state index >= 15 is 0 Å². The van der Waals surface area contributed by atoms with Crippen LogP contribution >= 0.6 is 0 Å². The maximum atomic E-state index is 12.9. The number of nitrogens with one attached hydrogen (secondary N) is 11. The van der Waals surface area contributed by atoms with Crippen LogP contribution in [0, 0.1) is 13.8 Å². The quantitative estimate of drug-likeness (QED) is 0.0380. The minimum atomic E-state index is -3.88. The molecule has 0 bridgehead atoms. The molecule has 10 aliphatic carbocycles. The molecule has 3 unspecified atom stereocenters. The van der Waals surface area contributed by atoms with Gasteiger partial charge in [-0.15, -0.1) is 5.10 Å². The number of rotatable bonds is 18. The third-order valence-corrected chi connectivity index (χ3v) is 38.3. The van der Waals surface area contributed by atoms with Crippen molar-refractivity contribution in [2.45, 2.75) is 275 Å². The Bertz CT molecular complexity index is 7560. The summed E-state index contributed by atoms with van der Waals surface area (Å²) in [6.45, 7) is 11.2. The van der Waals surface area contributed by atoms with Crippen molar-refractivity contribution in [3.8, 4) is 0 Å². The number of aryl methyl sites for hydroxylation is 13. The standard InChI is InChI=1S/C23H26N4O3S.C22H24N4O3S.C21H30N4O3S.C20H20N4O4S.C20H30N4O3S/c1-14-24-20-10-9-15(11-21(20)27(14)2)13-31(29,30)26-23(28)25-22-18-7-3-5-16(18)12-17-6-4-8-19(17)22;1-13-23-19-9-8-14(10-20(19)24-13)12-30(28,29)26-22(27)25-21-17-6-2-4-15(17)11-16-5-3-7-18(16)21;26-21(22-20-18-8-3-5-15(18)13-16-6-4-9-19(16)20)23-29(27,28)25-12-11-24-10-2-1-7-17(24)14-25;25-20(21-19-15-5-1-3-13(15)10-14-4-2-6-16(14)19)23-29(26,27)11-12-7-8-17-18(9-12)28-24-22-17;1-13-11-24(12-14(2)23(13)3)28(26,27)22-20(25)21-19-17-8-4-6-15(17)10-16-7-5-9-18(16)19/h9-12H,3-8,13H2,1-2H3,(H2,25,26,28);8-11H,2-7,12H2,1H3,(H,23,24)(H2,25,26,27);13,17H,1-12,14H2,(H2,22,23,26);7-10H,1-6,11H2,(H2,21,23,25);10,13-14H,4-9,11-12H2,1-3H3,(H2,21,22,25). The molecule has 3 atom stereocenters. The van der Waals surface area contributed by atoms with Gasteiger partial charge in [0.1, 0.15) is 17.2 Å². The van der Waals surface area contributed by atoms with Crippen LogP contribution in [0.5, 0.6) is 0 Å². The molecule has 11 N–H and O–H groups in total. The average Bonchev–Trinajstić information content (AvgIpc) is 1.68. The Morgan fingerprint density at radius 3 is 1.07 bits per heavy atom. The number of aromatic amines is 1. The van der Waals surface area contributed by atoms with Crippen LogP contribution in [0.2, 0.25) is 0 Å². The molecule has 8 aromatic carbocycles. The zero-order valence-corrected chi connectivity index (χ0v) is 88.2. The number of sulfonamides is 3. The number of likely N-dealkylation sites (N-methyl/N-ethyl adjacent to an activating group) is 1. The van der Waals surface area contributed by atoms with Crippen molar-refractivity contribution >= 4 is 142 Å². The van der Waals surface area contributed by atoms with Crippen molar-refractivity contribution < 1.29 is 70.6 Å². The molecule has 3 aromatic heterocycles. The van der Waals surface area contributed by atoms with Gasteiger partial charge in [-0.1, -0.05) is 55.0 Å². The van der Waals surface area contributed by atoms with Crippen molar-refractivity contribution in [2.75, 3.05) is 72.9 Å². The number of aromatic nitrogens is 6. The third kappa shape index (κ3) is 22.7. The predicted octanol–water partition coefficient (Wildman–Crippen LogP) is 14.1. The first kappa shape index (κ1) is 102. The largest absolute Gasteiger partial charge is 0.342 e. The van der Waals surface area contributed by atoms with Gasteiger partial charge in [-0.2, -0.15) is 25.4 Å². The summed E-state index contributed by atoms with van der Waals surface area (Å²) >= 11 is 0. The molecule has 24 rings (SSSR count). The van der Waals surface area contributed by atoms with Gasteiger partial charge in [0.05, 0.1) is 39.3 Å². The maximum absolute atomic E-state index is 12.9. The predicted molar refractivity (Wildman–Crippen MR) is 566 cm³/mol. The summed E-state index contributed by atoms with van der Waals surface area (Å²) in [5, 5.41) is 21.6. The van der Waals surface area contributed by atoms with Crippen molar-refractivity contribution in [1.29, 1.82) is 0 Å². The number of anilines is 5. The van der Waals surface area contributed by atoms with Crippen molar-refractivity contribution in [2.24, 2.45) is 7.05 Å². The van der Waals surface area contributed by atoms with E-state index in [1.165, 1.54) is 115 Å². The molecule has 6 heterocycles. The highest BCUT2D eigenvalue weighted by Gasteiger charge is 2.40. The molecule has 13 aliphatic rings. The molecule has 41 heteroatoms. The zero-order chi connectivity index (χ0) is 103. The van der Waals surface area contributed by atoms with Crippen LogP contribution in [-0.2, 0) is 203 Å². The molecule has 0 spiro atoms. The third-order valence-electron chi connectivity index (χ3n) is 31.8. The SMILES string of the molecule is CC1CN(S(=O)(=O)NC(=O)Nc2c3c(cc4c2CCC4)CCC3)CC(C)N1C.Cc1nc2ccc(CS(=O)(=O)NC(=O)Nc3c4c(cc5c3CCC5)CCC4)cc2[nH]1.Cc1nc2ccc(CS(=O)(=O)NC(=O)Nc3c4c(cc5c3CCC5)CCC4)cc2n1C.O=C(Nc1c2c(cc3c1CCC3)CCC2)NS(=O)(=O)Cc1ccc2nnoc2c1.O=C(Nc1c2c(cc3c1CCC3)CCC2)NS(=O)(=O)N1CCN2CCCCC2C1. The Morgan fingerprint density at radius 1 is 0.361 bits per heavy atom. The molecule has 3 aliphatic heterocycles. The smallest absolute Gasteiger partial charge is 0.333 e. The van der Waals surface area contributed by atoms with Gasteiger partial charge >= 0.3 is 50.6 Å². The van der Waals surface area contributed by atoms with Gasteiger partial charge in [-0.3, -0.25) is 9.80 Å². The lowest BCUT2D eigenvalue weighted by atomic mass is 9.99. The number of H-pyrrole nitrogens is 1. The Morgan fingerprint density at radius 2 is 0.694 bits per heavy atom. The van der Waals surface area contributed by atoms with Crippen LogP contribution in [0.25, 0.3) is 33.2 Å². The lowest BCUT2D eigenvalue weighted by Gasteiger charge is -2.43. The van der Waals surface area contributed by atoms with Gasteiger partial charge in [0, 0.05) is 91.6 Å². The molecule has 36 nitrogen and oxygen atoms in total. The van der Waals surface area contributed by atoms with E-state index in [4.69, 9.17) is 4.52 Å². The fourth-order valence-electron chi connectivity index (χ4n) is 24.6. The summed E-state index contributed by atoms with van der Waals surface area (Å²) in [7, 11) is -15.4. The molecule has 0 saturated carbocycles. The van der Waals surface area contributed by atoms with E-state index in [-0.39, 0.29) is 35.4 Å². The van der Waals surface area contributed by atoms with E-state index in [2.05, 4.69) is 116 Å². The number of fused-ring (bicyclic) bond motifs is 14. The van der Waals surface area contributed by atoms with E-state index in [1.807, 2.05) is 58.5 Å². The summed E-state index contributed by atoms with van der Waals surface area (Å²) in [6, 6.07) is 23.9. The lowest BCUT2D eigenvalue weighted by molar-refractivity contribution is 0.0848. The van der Waals surface area contributed by atoms with Crippen LogP contribution in [0.15, 0.2) is 89.5 Å². The molecule has 10 amide bonds. The fourth-order valence-corrected chi connectivity index (χ4v) is 30.0. The van der Waals surface area contributed by atoms with E-state index in [9.17, 15) is 66.1 Å².